The summed E-state index contributed by atoms with van der Waals surface area (Å²) in [5.74, 6) is 0. The second-order valence-corrected chi connectivity index (χ2v) is 4.02. The molecule has 0 aliphatic carbocycles. The SMILES string of the molecule is CNc1ccc(Cl)c(N2CCCC2)c1. The van der Waals surface area contributed by atoms with Crippen LogP contribution in [0, 0.1) is 0 Å². The first-order chi connectivity index (χ1) is 6.81. The molecule has 1 fully saturated rings. The van der Waals surface area contributed by atoms with E-state index in [0.717, 1.165) is 29.5 Å². The van der Waals surface area contributed by atoms with E-state index in [0.29, 0.717) is 0 Å². The maximum Gasteiger partial charge on any atom is 0.0641 e. The monoisotopic (exact) mass is 210 g/mol. The summed E-state index contributed by atoms with van der Waals surface area (Å²) in [4.78, 5) is 2.35. The molecule has 1 aliphatic rings. The number of rotatable bonds is 2. The highest BCUT2D eigenvalue weighted by Gasteiger charge is 2.15. The molecule has 3 heteroatoms. The van der Waals surface area contributed by atoms with Crippen molar-refractivity contribution in [2.75, 3.05) is 30.4 Å². The van der Waals surface area contributed by atoms with Crippen LogP contribution in [0.5, 0.6) is 0 Å². The van der Waals surface area contributed by atoms with Crippen LogP contribution in [0.2, 0.25) is 5.02 Å². The Morgan fingerprint density at radius 2 is 2.00 bits per heavy atom. The van der Waals surface area contributed by atoms with Crippen molar-refractivity contribution in [3.05, 3.63) is 23.2 Å². The topological polar surface area (TPSA) is 15.3 Å². The molecule has 1 saturated heterocycles. The highest BCUT2D eigenvalue weighted by Crippen LogP contribution is 2.31. The largest absolute Gasteiger partial charge is 0.388 e. The molecule has 2 rings (SSSR count). The Bertz CT molecular complexity index is 319. The first-order valence-corrected chi connectivity index (χ1v) is 5.41. The van der Waals surface area contributed by atoms with Crippen LogP contribution in [0.15, 0.2) is 18.2 Å². The van der Waals surface area contributed by atoms with Gasteiger partial charge < -0.3 is 10.2 Å². The van der Waals surface area contributed by atoms with Crippen LogP contribution in [-0.4, -0.2) is 20.1 Å². The van der Waals surface area contributed by atoms with Crippen molar-refractivity contribution >= 4 is 23.0 Å². The molecule has 0 saturated carbocycles. The van der Waals surface area contributed by atoms with E-state index in [2.05, 4.69) is 16.3 Å². The Hall–Kier alpha value is -0.890. The minimum absolute atomic E-state index is 0.853. The molecule has 0 aromatic heterocycles. The van der Waals surface area contributed by atoms with Gasteiger partial charge in [0.05, 0.1) is 10.7 Å². The molecule has 1 aliphatic heterocycles. The first-order valence-electron chi connectivity index (χ1n) is 5.03. The fourth-order valence-electron chi connectivity index (χ4n) is 1.87. The number of anilines is 2. The van der Waals surface area contributed by atoms with Crippen LogP contribution in [0.3, 0.4) is 0 Å². The van der Waals surface area contributed by atoms with Crippen LogP contribution in [-0.2, 0) is 0 Å². The maximum absolute atomic E-state index is 6.16. The lowest BCUT2D eigenvalue weighted by Gasteiger charge is -2.19. The van der Waals surface area contributed by atoms with E-state index in [-0.39, 0.29) is 0 Å². The van der Waals surface area contributed by atoms with E-state index in [1.54, 1.807) is 0 Å². The molecule has 0 amide bonds. The van der Waals surface area contributed by atoms with Gasteiger partial charge in [-0.15, -0.1) is 0 Å². The average molecular weight is 211 g/mol. The van der Waals surface area contributed by atoms with Gasteiger partial charge in [0.2, 0.25) is 0 Å². The predicted molar refractivity (Wildman–Crippen MR) is 62.4 cm³/mol. The van der Waals surface area contributed by atoms with Crippen molar-refractivity contribution < 1.29 is 0 Å². The molecule has 1 aromatic rings. The second-order valence-electron chi connectivity index (χ2n) is 3.61. The molecular formula is C11H15ClN2. The highest BCUT2D eigenvalue weighted by atomic mass is 35.5. The van der Waals surface area contributed by atoms with Crippen molar-refractivity contribution in [2.45, 2.75) is 12.8 Å². The zero-order valence-electron chi connectivity index (χ0n) is 8.39. The number of hydrogen-bond donors (Lipinski definition) is 1. The van der Waals surface area contributed by atoms with E-state index < -0.39 is 0 Å². The van der Waals surface area contributed by atoms with Gasteiger partial charge in [-0.3, -0.25) is 0 Å². The summed E-state index contributed by atoms with van der Waals surface area (Å²) in [6.45, 7) is 2.26. The van der Waals surface area contributed by atoms with Gasteiger partial charge in [-0.05, 0) is 31.0 Å². The van der Waals surface area contributed by atoms with Gasteiger partial charge in [-0.1, -0.05) is 11.6 Å². The van der Waals surface area contributed by atoms with Gasteiger partial charge >= 0.3 is 0 Å². The van der Waals surface area contributed by atoms with Crippen molar-refractivity contribution in [3.8, 4) is 0 Å². The van der Waals surface area contributed by atoms with Gasteiger partial charge in [-0.2, -0.15) is 0 Å². The van der Waals surface area contributed by atoms with Crippen LogP contribution < -0.4 is 10.2 Å². The zero-order valence-corrected chi connectivity index (χ0v) is 9.14. The molecular weight excluding hydrogens is 196 g/mol. The minimum atomic E-state index is 0.853. The molecule has 0 unspecified atom stereocenters. The smallest absolute Gasteiger partial charge is 0.0641 e. The summed E-state index contributed by atoms with van der Waals surface area (Å²) in [7, 11) is 1.93. The summed E-state index contributed by atoms with van der Waals surface area (Å²) in [5.41, 5.74) is 2.28. The lowest BCUT2D eigenvalue weighted by atomic mass is 10.2. The number of nitrogens with one attached hydrogen (secondary N) is 1. The van der Waals surface area contributed by atoms with Crippen molar-refractivity contribution in [1.82, 2.24) is 0 Å². The molecule has 76 valence electrons. The molecule has 0 bridgehead atoms. The average Bonchev–Trinajstić information content (AvgIpc) is 2.71. The maximum atomic E-state index is 6.16. The fourth-order valence-corrected chi connectivity index (χ4v) is 2.11. The molecule has 0 spiro atoms. The van der Waals surface area contributed by atoms with Crippen LogP contribution in [0.1, 0.15) is 12.8 Å². The molecule has 0 atom stereocenters. The molecule has 1 N–H and O–H groups in total. The number of hydrogen-bond acceptors (Lipinski definition) is 2. The zero-order chi connectivity index (χ0) is 9.97. The Kier molecular flexibility index (Phi) is 2.82. The molecule has 14 heavy (non-hydrogen) atoms. The van der Waals surface area contributed by atoms with Gasteiger partial charge in [0.1, 0.15) is 0 Å². The lowest BCUT2D eigenvalue weighted by molar-refractivity contribution is 0.949. The van der Waals surface area contributed by atoms with Crippen LogP contribution in [0.4, 0.5) is 11.4 Å². The first kappa shape index (κ1) is 9.66. The van der Waals surface area contributed by atoms with Crippen molar-refractivity contribution in [1.29, 1.82) is 0 Å². The fraction of sp³-hybridized carbons (Fsp3) is 0.455. The summed E-state index contributed by atoms with van der Waals surface area (Å²) < 4.78 is 0. The van der Waals surface area contributed by atoms with Gasteiger partial charge in [0.25, 0.3) is 0 Å². The Morgan fingerprint density at radius 3 is 2.64 bits per heavy atom. The van der Waals surface area contributed by atoms with Crippen molar-refractivity contribution in [2.24, 2.45) is 0 Å². The molecule has 0 radical (unpaired) electrons. The molecule has 1 heterocycles. The number of halogens is 1. The van der Waals surface area contributed by atoms with Gasteiger partial charge in [-0.25, -0.2) is 0 Å². The van der Waals surface area contributed by atoms with E-state index in [1.807, 2.05) is 19.2 Å². The summed E-state index contributed by atoms with van der Waals surface area (Å²) in [5, 5.41) is 3.99. The number of nitrogens with zero attached hydrogens (tertiary/aromatic N) is 1. The summed E-state index contributed by atoms with van der Waals surface area (Å²) in [6, 6.07) is 6.08. The minimum Gasteiger partial charge on any atom is -0.388 e. The van der Waals surface area contributed by atoms with E-state index in [1.165, 1.54) is 12.8 Å². The second kappa shape index (κ2) is 4.09. The summed E-state index contributed by atoms with van der Waals surface area (Å²) in [6.07, 6.45) is 2.56. The Labute approximate surface area is 89.9 Å². The van der Waals surface area contributed by atoms with Gasteiger partial charge in [0.15, 0.2) is 0 Å². The highest BCUT2D eigenvalue weighted by molar-refractivity contribution is 6.33. The Balaban J connectivity index is 2.29. The summed E-state index contributed by atoms with van der Waals surface area (Å²) >= 11 is 6.16. The van der Waals surface area contributed by atoms with E-state index in [4.69, 9.17) is 11.6 Å². The predicted octanol–water partition coefficient (Wildman–Crippen LogP) is 2.98. The number of benzene rings is 1. The lowest BCUT2D eigenvalue weighted by Crippen LogP contribution is -2.18. The van der Waals surface area contributed by atoms with Crippen molar-refractivity contribution in [3.63, 3.8) is 0 Å². The van der Waals surface area contributed by atoms with E-state index in [9.17, 15) is 0 Å². The third-order valence-electron chi connectivity index (χ3n) is 2.68. The molecule has 2 nitrogen and oxygen atoms in total. The third-order valence-corrected chi connectivity index (χ3v) is 3.00. The normalized spacial score (nSPS) is 16.0. The van der Waals surface area contributed by atoms with Crippen LogP contribution >= 0.6 is 11.6 Å². The quantitative estimate of drug-likeness (QED) is 0.808. The Morgan fingerprint density at radius 1 is 1.29 bits per heavy atom. The standard InChI is InChI=1S/C11H15ClN2/c1-13-9-4-5-10(12)11(8-9)14-6-2-3-7-14/h4-5,8,13H,2-3,6-7H2,1H3. The van der Waals surface area contributed by atoms with Gasteiger partial charge in [0, 0.05) is 25.8 Å². The van der Waals surface area contributed by atoms with Crippen LogP contribution in [0.25, 0.3) is 0 Å². The molecule has 1 aromatic carbocycles. The van der Waals surface area contributed by atoms with E-state index >= 15 is 0 Å². The third kappa shape index (κ3) is 1.80.